The zero-order valence-corrected chi connectivity index (χ0v) is 20.1. The Balaban J connectivity index is 1.47. The molecule has 7 aromatic carbocycles. The molecule has 0 fully saturated rings. The van der Waals surface area contributed by atoms with Crippen LogP contribution in [0.4, 0.5) is 0 Å². The lowest BCUT2D eigenvalue weighted by Crippen LogP contribution is -1.99. The minimum atomic E-state index is 0.914. The topological polar surface area (TPSA) is 0 Å². The van der Waals surface area contributed by atoms with Crippen LogP contribution in [0.25, 0.3) is 43.1 Å². The summed E-state index contributed by atoms with van der Waals surface area (Å²) in [6.07, 6.45) is 1.83. The van der Waals surface area contributed by atoms with Crippen LogP contribution in [-0.4, -0.2) is 0 Å². The van der Waals surface area contributed by atoms with Crippen LogP contribution in [-0.2, 0) is 12.8 Å². The largest absolute Gasteiger partial charge is 0.0616 e. The molecule has 0 radical (unpaired) electrons. The zero-order valence-electron chi connectivity index (χ0n) is 20.1. The van der Waals surface area contributed by atoms with Crippen LogP contribution in [0.2, 0.25) is 0 Å². The first-order valence-corrected chi connectivity index (χ1v) is 12.7. The molecule has 170 valence electrons. The van der Waals surface area contributed by atoms with Gasteiger partial charge in [0.05, 0.1) is 0 Å². The van der Waals surface area contributed by atoms with Gasteiger partial charge in [0, 0.05) is 0 Å². The van der Waals surface area contributed by atoms with E-state index in [2.05, 4.69) is 133 Å². The van der Waals surface area contributed by atoms with Gasteiger partial charge >= 0.3 is 0 Å². The average molecular weight is 459 g/mol. The van der Waals surface area contributed by atoms with E-state index in [-0.39, 0.29) is 0 Å². The molecule has 0 bridgehead atoms. The number of rotatable bonds is 4. The monoisotopic (exact) mass is 458 g/mol. The SMILES string of the molecule is c1ccc2c(Cc3c4ccccc4c(Cc4cccc5ccccc45)c4ccccc34)cccc2c1. The molecule has 0 N–H and O–H groups in total. The maximum atomic E-state index is 2.31. The number of hydrogen-bond acceptors (Lipinski definition) is 0. The van der Waals surface area contributed by atoms with Crippen LogP contribution in [0.15, 0.2) is 133 Å². The average Bonchev–Trinajstić information content (AvgIpc) is 2.95. The van der Waals surface area contributed by atoms with Gasteiger partial charge in [-0.1, -0.05) is 133 Å². The van der Waals surface area contributed by atoms with Crippen molar-refractivity contribution < 1.29 is 0 Å². The van der Waals surface area contributed by atoms with Crippen molar-refractivity contribution in [2.45, 2.75) is 12.8 Å². The molecule has 0 aromatic heterocycles. The Morgan fingerprint density at radius 3 is 0.972 bits per heavy atom. The number of fused-ring (bicyclic) bond motifs is 4. The number of hydrogen-bond donors (Lipinski definition) is 0. The Bertz CT molecular complexity index is 1680. The third-order valence-corrected chi connectivity index (χ3v) is 7.65. The minimum absolute atomic E-state index is 0.914. The highest BCUT2D eigenvalue weighted by Crippen LogP contribution is 2.37. The quantitative estimate of drug-likeness (QED) is 0.230. The van der Waals surface area contributed by atoms with Crippen molar-refractivity contribution in [3.63, 3.8) is 0 Å². The zero-order chi connectivity index (χ0) is 23.9. The van der Waals surface area contributed by atoms with E-state index in [0.29, 0.717) is 0 Å². The predicted molar refractivity (Wildman–Crippen MR) is 155 cm³/mol. The summed E-state index contributed by atoms with van der Waals surface area (Å²) in [7, 11) is 0. The van der Waals surface area contributed by atoms with Gasteiger partial charge in [0.2, 0.25) is 0 Å². The molecule has 0 heteroatoms. The number of benzene rings is 7. The van der Waals surface area contributed by atoms with E-state index in [4.69, 9.17) is 0 Å². The summed E-state index contributed by atoms with van der Waals surface area (Å²) < 4.78 is 0. The van der Waals surface area contributed by atoms with E-state index < -0.39 is 0 Å². The van der Waals surface area contributed by atoms with E-state index in [1.807, 2.05) is 0 Å². The van der Waals surface area contributed by atoms with Crippen LogP contribution in [0.5, 0.6) is 0 Å². The molecule has 7 aromatic rings. The van der Waals surface area contributed by atoms with Crippen LogP contribution in [0, 0.1) is 0 Å². The fourth-order valence-electron chi connectivity index (χ4n) is 5.96. The molecule has 0 spiro atoms. The fraction of sp³-hybridized carbons (Fsp3) is 0.0556. The molecule has 0 aliphatic rings. The van der Waals surface area contributed by atoms with E-state index in [1.165, 1.54) is 65.3 Å². The van der Waals surface area contributed by atoms with E-state index >= 15 is 0 Å². The Kier molecular flexibility index (Phi) is 5.03. The van der Waals surface area contributed by atoms with Crippen molar-refractivity contribution in [1.82, 2.24) is 0 Å². The summed E-state index contributed by atoms with van der Waals surface area (Å²) in [4.78, 5) is 0. The molecule has 0 saturated carbocycles. The van der Waals surface area contributed by atoms with Gasteiger partial charge in [0.1, 0.15) is 0 Å². The second-order valence-corrected chi connectivity index (χ2v) is 9.68. The Morgan fingerprint density at radius 2 is 0.583 bits per heavy atom. The lowest BCUT2D eigenvalue weighted by atomic mass is 9.85. The van der Waals surface area contributed by atoms with Crippen molar-refractivity contribution in [2.75, 3.05) is 0 Å². The van der Waals surface area contributed by atoms with Gasteiger partial charge in [0.25, 0.3) is 0 Å². The molecule has 0 aliphatic heterocycles. The van der Waals surface area contributed by atoms with Crippen LogP contribution < -0.4 is 0 Å². The molecular weight excluding hydrogens is 432 g/mol. The van der Waals surface area contributed by atoms with Gasteiger partial charge in [-0.3, -0.25) is 0 Å². The van der Waals surface area contributed by atoms with Gasteiger partial charge in [0.15, 0.2) is 0 Å². The molecule has 7 rings (SSSR count). The maximum Gasteiger partial charge on any atom is -0.000729 e. The Hall–Kier alpha value is -4.42. The highest BCUT2D eigenvalue weighted by Gasteiger charge is 2.16. The first-order chi connectivity index (χ1) is 17.9. The molecule has 0 amide bonds. The lowest BCUT2D eigenvalue weighted by molar-refractivity contribution is 1.23. The van der Waals surface area contributed by atoms with Gasteiger partial charge in [-0.25, -0.2) is 0 Å². The van der Waals surface area contributed by atoms with Gasteiger partial charge in [-0.05, 0) is 78.2 Å². The third-order valence-electron chi connectivity index (χ3n) is 7.65. The molecule has 0 heterocycles. The maximum absolute atomic E-state index is 2.31. The van der Waals surface area contributed by atoms with Crippen molar-refractivity contribution in [3.05, 3.63) is 156 Å². The summed E-state index contributed by atoms with van der Waals surface area (Å²) >= 11 is 0. The first-order valence-electron chi connectivity index (χ1n) is 12.7. The summed E-state index contributed by atoms with van der Waals surface area (Å²) in [5, 5.41) is 10.7. The first kappa shape index (κ1) is 20.9. The Morgan fingerprint density at radius 1 is 0.278 bits per heavy atom. The van der Waals surface area contributed by atoms with E-state index in [1.54, 1.807) is 0 Å². The summed E-state index contributed by atoms with van der Waals surface area (Å²) in [5.41, 5.74) is 5.59. The van der Waals surface area contributed by atoms with Gasteiger partial charge in [-0.2, -0.15) is 0 Å². The van der Waals surface area contributed by atoms with Crippen LogP contribution in [0.3, 0.4) is 0 Å². The summed E-state index contributed by atoms with van der Waals surface area (Å²) in [5.74, 6) is 0. The van der Waals surface area contributed by atoms with Crippen molar-refractivity contribution >= 4 is 43.1 Å². The smallest absolute Gasteiger partial charge is 0.000729 e. The molecule has 0 atom stereocenters. The molecule has 0 aliphatic carbocycles. The van der Waals surface area contributed by atoms with Gasteiger partial charge in [-0.15, -0.1) is 0 Å². The van der Waals surface area contributed by atoms with E-state index in [9.17, 15) is 0 Å². The molecule has 0 unspecified atom stereocenters. The van der Waals surface area contributed by atoms with E-state index in [0.717, 1.165) is 12.8 Å². The van der Waals surface area contributed by atoms with Crippen LogP contribution in [0.1, 0.15) is 22.3 Å². The second-order valence-electron chi connectivity index (χ2n) is 9.68. The Labute approximate surface area is 211 Å². The predicted octanol–water partition coefficient (Wildman–Crippen LogP) is 9.48. The standard InChI is InChI=1S/C36H26/c1-3-17-29-25(11-1)13-9-15-27(29)23-35-31-19-5-7-21-33(31)36(34-22-8-6-20-32(34)35)24-28-16-10-14-26-12-2-4-18-30(26)28/h1-22H,23-24H2. The fourth-order valence-corrected chi connectivity index (χ4v) is 5.96. The normalized spacial score (nSPS) is 11.6. The molecule has 36 heavy (non-hydrogen) atoms. The lowest BCUT2D eigenvalue weighted by Gasteiger charge is -2.18. The highest BCUT2D eigenvalue weighted by molar-refractivity contribution is 6.07. The molecular formula is C36H26. The summed E-state index contributed by atoms with van der Waals surface area (Å²) in [6, 6.07) is 48.9. The highest BCUT2D eigenvalue weighted by atomic mass is 14.2. The molecule has 0 nitrogen and oxygen atoms in total. The van der Waals surface area contributed by atoms with Crippen molar-refractivity contribution in [1.29, 1.82) is 0 Å². The summed E-state index contributed by atoms with van der Waals surface area (Å²) in [6.45, 7) is 0. The van der Waals surface area contributed by atoms with Crippen molar-refractivity contribution in [3.8, 4) is 0 Å². The molecule has 0 saturated heterocycles. The minimum Gasteiger partial charge on any atom is -0.0616 e. The van der Waals surface area contributed by atoms with Crippen LogP contribution >= 0.6 is 0 Å². The third kappa shape index (κ3) is 3.46. The second kappa shape index (κ2) is 8.66. The van der Waals surface area contributed by atoms with Gasteiger partial charge < -0.3 is 0 Å². The van der Waals surface area contributed by atoms with Crippen molar-refractivity contribution in [2.24, 2.45) is 0 Å².